The summed E-state index contributed by atoms with van der Waals surface area (Å²) in [6, 6.07) is 15.1. The number of aliphatic hydroxyl groups excluding tert-OH is 1. The molecule has 2 aromatic carbocycles. The molecule has 0 aliphatic carbocycles. The predicted octanol–water partition coefficient (Wildman–Crippen LogP) is 5.42. The quantitative estimate of drug-likeness (QED) is 0.293. The van der Waals surface area contributed by atoms with Gasteiger partial charge in [0.15, 0.2) is 0 Å². The van der Waals surface area contributed by atoms with Crippen molar-refractivity contribution < 1.29 is 28.3 Å². The smallest absolute Gasteiger partial charge is 0.127 e. The normalized spacial score (nSPS) is 10.9. The number of ether oxygens (including phenoxy) is 4. The van der Waals surface area contributed by atoms with Gasteiger partial charge in [-0.25, -0.2) is 8.51 Å². The van der Waals surface area contributed by atoms with Crippen molar-refractivity contribution in [1.82, 2.24) is 9.29 Å². The van der Waals surface area contributed by atoms with Crippen molar-refractivity contribution in [3.8, 4) is 23.0 Å². The van der Waals surface area contributed by atoms with E-state index >= 15 is 0 Å². The molecule has 0 spiro atoms. The number of halogens is 1. The molecule has 10 heteroatoms. The summed E-state index contributed by atoms with van der Waals surface area (Å²) in [6.45, 7) is 4.84. The number of rotatable bonds is 12. The second-order valence-electron chi connectivity index (χ2n) is 7.40. The van der Waals surface area contributed by atoms with Gasteiger partial charge in [-0.05, 0) is 40.2 Å². The monoisotopic (exact) mass is 610 g/mol. The van der Waals surface area contributed by atoms with Crippen LogP contribution in [-0.2, 0) is 30.5 Å². The fourth-order valence-electron chi connectivity index (χ4n) is 3.42. The number of aromatic nitrogens is 1. The molecule has 1 heterocycles. The van der Waals surface area contributed by atoms with Gasteiger partial charge in [0, 0.05) is 72.0 Å². The van der Waals surface area contributed by atoms with Gasteiger partial charge >= 0.3 is 0 Å². The van der Waals surface area contributed by atoms with Crippen LogP contribution in [-0.4, -0.2) is 59.9 Å². The van der Waals surface area contributed by atoms with Crippen molar-refractivity contribution in [3.05, 3.63) is 76.0 Å². The van der Waals surface area contributed by atoms with Crippen LogP contribution in [0.1, 0.15) is 30.7 Å². The van der Waals surface area contributed by atoms with Crippen molar-refractivity contribution in [2.45, 2.75) is 33.4 Å². The molecule has 0 saturated carbocycles. The van der Waals surface area contributed by atoms with Gasteiger partial charge in [0.1, 0.15) is 23.0 Å². The lowest BCUT2D eigenvalue weighted by Gasteiger charge is -2.24. The van der Waals surface area contributed by atoms with E-state index in [1.54, 1.807) is 34.6 Å². The van der Waals surface area contributed by atoms with Crippen molar-refractivity contribution >= 4 is 26.9 Å². The zero-order valence-corrected chi connectivity index (χ0v) is 25.6. The van der Waals surface area contributed by atoms with Crippen LogP contribution < -0.4 is 18.9 Å². The summed E-state index contributed by atoms with van der Waals surface area (Å²) in [7, 11) is 6.17. The molecule has 8 nitrogen and oxygen atoms in total. The molecule has 210 valence electrons. The standard InChI is InChI=1S/C25H29BrN2O5S.C2H6.CH4O/c1-30-22-9-5-18(24(13-22)32-3)16-28(17-19-6-10-23(31-2)14-25(19)33-4)34(29)12-11-21-8-7-20(26)15-27-21;2*1-2/h5-10,13-15H,11-12,16-17H2,1-4H3;1-2H3;2H,1H3. The number of nitrogens with zero attached hydrogens (tertiary/aromatic N) is 2. The Labute approximate surface area is 237 Å². The Morgan fingerprint density at radius 2 is 1.32 bits per heavy atom. The molecule has 1 aromatic heterocycles. The first-order valence-electron chi connectivity index (χ1n) is 12.1. The highest BCUT2D eigenvalue weighted by Gasteiger charge is 2.20. The van der Waals surface area contributed by atoms with Crippen molar-refractivity contribution in [2.75, 3.05) is 41.3 Å². The van der Waals surface area contributed by atoms with E-state index in [4.69, 9.17) is 24.1 Å². The van der Waals surface area contributed by atoms with Crippen LogP contribution in [0.25, 0.3) is 0 Å². The van der Waals surface area contributed by atoms with Crippen LogP contribution in [0.4, 0.5) is 0 Å². The van der Waals surface area contributed by atoms with E-state index in [2.05, 4.69) is 20.9 Å². The fourth-order valence-corrected chi connectivity index (χ4v) is 4.86. The minimum atomic E-state index is -1.29. The molecule has 0 radical (unpaired) electrons. The second-order valence-corrected chi connectivity index (χ2v) is 9.88. The number of hydrogen-bond donors (Lipinski definition) is 1. The maximum atomic E-state index is 13.5. The molecule has 0 amide bonds. The van der Waals surface area contributed by atoms with E-state index in [9.17, 15) is 4.21 Å². The Hall–Kier alpha value is -2.66. The second kappa shape index (κ2) is 18.6. The fraction of sp³-hybridized carbons (Fsp3) is 0.393. The molecule has 0 aliphatic heterocycles. The number of aryl methyl sites for hydroxylation is 1. The molecule has 0 fully saturated rings. The summed E-state index contributed by atoms with van der Waals surface area (Å²) < 4.78 is 38.1. The molecule has 1 atom stereocenters. The number of methoxy groups -OCH3 is 4. The van der Waals surface area contributed by atoms with Crippen LogP contribution >= 0.6 is 15.9 Å². The SMILES string of the molecule is CC.CO.COc1ccc(CN(Cc2ccc(OC)cc2OC)S(=O)CCc2ccc(Br)cn2)c(OC)c1. The molecule has 3 rings (SSSR count). The summed E-state index contributed by atoms with van der Waals surface area (Å²) >= 11 is 3.40. The minimum absolute atomic E-state index is 0.419. The largest absolute Gasteiger partial charge is 0.497 e. The van der Waals surface area contributed by atoms with Gasteiger partial charge in [0.2, 0.25) is 0 Å². The number of hydrogen-bond acceptors (Lipinski definition) is 7. The Morgan fingerprint density at radius 3 is 1.71 bits per heavy atom. The van der Waals surface area contributed by atoms with Crippen molar-refractivity contribution in [2.24, 2.45) is 0 Å². The van der Waals surface area contributed by atoms with Gasteiger partial charge in [-0.3, -0.25) is 4.98 Å². The molecular weight excluding hydrogens is 572 g/mol. The maximum Gasteiger partial charge on any atom is 0.127 e. The molecule has 0 aliphatic rings. The van der Waals surface area contributed by atoms with Gasteiger partial charge in [0.05, 0.1) is 39.4 Å². The third-order valence-corrected chi connectivity index (χ3v) is 7.15. The zero-order chi connectivity index (χ0) is 28.5. The topological polar surface area (TPSA) is 90.4 Å². The number of benzene rings is 2. The highest BCUT2D eigenvalue weighted by Crippen LogP contribution is 2.30. The van der Waals surface area contributed by atoms with Crippen molar-refractivity contribution in [1.29, 1.82) is 0 Å². The van der Waals surface area contributed by atoms with Crippen molar-refractivity contribution in [3.63, 3.8) is 0 Å². The molecule has 38 heavy (non-hydrogen) atoms. The molecular formula is C28H39BrN2O6S. The van der Waals surface area contributed by atoms with Gasteiger partial charge < -0.3 is 24.1 Å². The van der Waals surface area contributed by atoms with E-state index in [1.165, 1.54) is 0 Å². The van der Waals surface area contributed by atoms with Crippen LogP contribution in [0.3, 0.4) is 0 Å². The van der Waals surface area contributed by atoms with E-state index < -0.39 is 11.0 Å². The van der Waals surface area contributed by atoms with E-state index in [1.807, 2.05) is 66.7 Å². The Morgan fingerprint density at radius 1 is 0.816 bits per heavy atom. The molecule has 1 unspecified atom stereocenters. The zero-order valence-electron chi connectivity index (χ0n) is 23.2. The first-order chi connectivity index (χ1) is 18.5. The Balaban J connectivity index is 0.00000172. The predicted molar refractivity (Wildman–Crippen MR) is 156 cm³/mol. The summed E-state index contributed by atoms with van der Waals surface area (Å²) in [5.74, 6) is 3.19. The van der Waals surface area contributed by atoms with E-state index in [-0.39, 0.29) is 0 Å². The molecule has 0 bridgehead atoms. The van der Waals surface area contributed by atoms with Gasteiger partial charge in [0.25, 0.3) is 0 Å². The highest BCUT2D eigenvalue weighted by atomic mass is 79.9. The minimum Gasteiger partial charge on any atom is -0.497 e. The lowest BCUT2D eigenvalue weighted by atomic mass is 10.1. The van der Waals surface area contributed by atoms with E-state index in [0.29, 0.717) is 48.3 Å². The van der Waals surface area contributed by atoms with Crippen LogP contribution in [0.5, 0.6) is 23.0 Å². The Bertz CT molecular complexity index is 1060. The van der Waals surface area contributed by atoms with Crippen LogP contribution in [0.2, 0.25) is 0 Å². The average Bonchev–Trinajstić information content (AvgIpc) is 2.98. The Kier molecular flexibility index (Phi) is 16.3. The molecule has 0 saturated heterocycles. The number of aliphatic hydroxyl groups is 1. The van der Waals surface area contributed by atoms with Gasteiger partial charge in [-0.15, -0.1) is 0 Å². The summed E-state index contributed by atoms with van der Waals surface area (Å²) in [5.41, 5.74) is 2.71. The molecule has 1 N–H and O–H groups in total. The number of pyridine rings is 1. The van der Waals surface area contributed by atoms with Crippen LogP contribution in [0.15, 0.2) is 59.2 Å². The average molecular weight is 612 g/mol. The highest BCUT2D eigenvalue weighted by molar-refractivity contribution is 9.10. The lowest BCUT2D eigenvalue weighted by Crippen LogP contribution is -2.28. The van der Waals surface area contributed by atoms with Crippen LogP contribution in [0, 0.1) is 0 Å². The summed E-state index contributed by atoms with van der Waals surface area (Å²) in [4.78, 5) is 4.40. The first kappa shape index (κ1) is 33.4. The van der Waals surface area contributed by atoms with Gasteiger partial charge in [-0.2, -0.15) is 0 Å². The summed E-state index contributed by atoms with van der Waals surface area (Å²) in [5, 5.41) is 7.00. The lowest BCUT2D eigenvalue weighted by molar-refractivity contribution is 0.367. The third-order valence-electron chi connectivity index (χ3n) is 5.29. The first-order valence-corrected chi connectivity index (χ1v) is 14.1. The maximum absolute atomic E-state index is 13.5. The van der Waals surface area contributed by atoms with E-state index in [0.717, 1.165) is 28.4 Å². The van der Waals surface area contributed by atoms with Gasteiger partial charge in [-0.1, -0.05) is 26.0 Å². The molecule has 3 aromatic rings. The summed E-state index contributed by atoms with van der Waals surface area (Å²) in [6.07, 6.45) is 2.34. The third kappa shape index (κ3) is 10.2.